The van der Waals surface area contributed by atoms with Gasteiger partial charge in [-0.1, -0.05) is 0 Å². The van der Waals surface area contributed by atoms with Crippen LogP contribution in [0.5, 0.6) is 0 Å². The molecular formula is C12H20N4. The van der Waals surface area contributed by atoms with Crippen LogP contribution < -0.4 is 10.6 Å². The smallest absolute Gasteiger partial charge is 0.149 e. The van der Waals surface area contributed by atoms with Crippen LogP contribution in [0, 0.1) is 6.92 Å². The molecule has 1 aliphatic carbocycles. The van der Waals surface area contributed by atoms with Gasteiger partial charge in [0.25, 0.3) is 0 Å². The number of anilines is 1. The third-order valence-electron chi connectivity index (χ3n) is 3.28. The molecule has 2 rings (SSSR count). The fourth-order valence-corrected chi connectivity index (χ4v) is 2.27. The van der Waals surface area contributed by atoms with Crippen molar-refractivity contribution in [3.05, 3.63) is 17.8 Å². The van der Waals surface area contributed by atoms with Crippen LogP contribution in [0.3, 0.4) is 0 Å². The number of aryl methyl sites for hydroxylation is 1. The molecule has 0 aromatic carbocycles. The summed E-state index contributed by atoms with van der Waals surface area (Å²) in [5, 5.41) is 14.9. The second-order valence-electron chi connectivity index (χ2n) is 4.60. The summed E-state index contributed by atoms with van der Waals surface area (Å²) in [4.78, 5) is 0. The van der Waals surface area contributed by atoms with Gasteiger partial charge >= 0.3 is 0 Å². The first-order valence-corrected chi connectivity index (χ1v) is 6.01. The Hall–Kier alpha value is -1.16. The number of aromatic nitrogens is 2. The summed E-state index contributed by atoms with van der Waals surface area (Å²) in [6.45, 7) is 2.04. The van der Waals surface area contributed by atoms with Gasteiger partial charge < -0.3 is 10.6 Å². The third kappa shape index (κ3) is 2.92. The highest BCUT2D eigenvalue weighted by atomic mass is 15.2. The third-order valence-corrected chi connectivity index (χ3v) is 3.28. The van der Waals surface area contributed by atoms with Crippen LogP contribution in [0.1, 0.15) is 31.2 Å². The highest BCUT2D eigenvalue weighted by Gasteiger charge is 2.19. The fraction of sp³-hybridized carbons (Fsp3) is 0.667. The van der Waals surface area contributed by atoms with Crippen LogP contribution in [0.2, 0.25) is 0 Å². The van der Waals surface area contributed by atoms with Crippen LogP contribution in [-0.4, -0.2) is 29.3 Å². The van der Waals surface area contributed by atoms with Crippen molar-refractivity contribution in [1.82, 2.24) is 15.5 Å². The summed E-state index contributed by atoms with van der Waals surface area (Å²) < 4.78 is 0. The number of hydrogen-bond acceptors (Lipinski definition) is 4. The molecule has 1 aliphatic rings. The van der Waals surface area contributed by atoms with Crippen molar-refractivity contribution in [3.8, 4) is 0 Å². The molecule has 4 heteroatoms. The molecule has 0 aliphatic heterocycles. The lowest BCUT2D eigenvalue weighted by atomic mass is 9.91. The average molecular weight is 220 g/mol. The van der Waals surface area contributed by atoms with Crippen LogP contribution in [0.25, 0.3) is 0 Å². The Morgan fingerprint density at radius 2 is 1.88 bits per heavy atom. The largest absolute Gasteiger partial charge is 0.366 e. The molecule has 0 saturated heterocycles. The molecule has 1 heterocycles. The molecule has 0 spiro atoms. The number of nitrogens with zero attached hydrogens (tertiary/aromatic N) is 2. The molecule has 88 valence electrons. The molecule has 1 aromatic rings. The first-order valence-electron chi connectivity index (χ1n) is 6.01. The van der Waals surface area contributed by atoms with Crippen LogP contribution in [-0.2, 0) is 0 Å². The molecule has 1 aromatic heterocycles. The minimum atomic E-state index is 0.556. The summed E-state index contributed by atoms with van der Waals surface area (Å²) in [7, 11) is 2.05. The lowest BCUT2D eigenvalue weighted by molar-refractivity contribution is 0.371. The Morgan fingerprint density at radius 3 is 2.50 bits per heavy atom. The van der Waals surface area contributed by atoms with Crippen molar-refractivity contribution in [1.29, 1.82) is 0 Å². The van der Waals surface area contributed by atoms with Gasteiger partial charge in [0, 0.05) is 12.1 Å². The van der Waals surface area contributed by atoms with Crippen molar-refractivity contribution < 1.29 is 0 Å². The maximum absolute atomic E-state index is 4.10. The first-order chi connectivity index (χ1) is 7.78. The average Bonchev–Trinajstić information content (AvgIpc) is 2.30. The summed E-state index contributed by atoms with van der Waals surface area (Å²) in [5.41, 5.74) is 1.15. The lowest BCUT2D eigenvalue weighted by Crippen LogP contribution is -2.35. The van der Waals surface area contributed by atoms with Crippen LogP contribution >= 0.6 is 0 Å². The van der Waals surface area contributed by atoms with E-state index in [2.05, 4.69) is 26.9 Å². The van der Waals surface area contributed by atoms with Gasteiger partial charge in [-0.2, -0.15) is 5.10 Å². The van der Waals surface area contributed by atoms with E-state index in [1.165, 1.54) is 25.7 Å². The second-order valence-corrected chi connectivity index (χ2v) is 4.60. The SMILES string of the molecule is CNC1CCC(Nc2cc(C)cnn2)CC1. The molecule has 0 unspecified atom stereocenters. The number of nitrogens with one attached hydrogen (secondary N) is 2. The molecule has 2 N–H and O–H groups in total. The molecule has 0 bridgehead atoms. The van der Waals surface area contributed by atoms with E-state index in [0.29, 0.717) is 12.1 Å². The Labute approximate surface area is 96.9 Å². The summed E-state index contributed by atoms with van der Waals surface area (Å²) in [5.74, 6) is 0.910. The van der Waals surface area contributed by atoms with Gasteiger partial charge in [0.1, 0.15) is 5.82 Å². The maximum atomic E-state index is 4.10. The van der Waals surface area contributed by atoms with E-state index >= 15 is 0 Å². The van der Waals surface area contributed by atoms with E-state index in [0.717, 1.165) is 11.4 Å². The quantitative estimate of drug-likeness (QED) is 0.814. The van der Waals surface area contributed by atoms with E-state index in [4.69, 9.17) is 0 Å². The molecular weight excluding hydrogens is 200 g/mol. The predicted octanol–water partition coefficient (Wildman–Crippen LogP) is 1.73. The monoisotopic (exact) mass is 220 g/mol. The van der Waals surface area contributed by atoms with Gasteiger partial charge in [-0.15, -0.1) is 5.10 Å². The van der Waals surface area contributed by atoms with Crippen LogP contribution in [0.4, 0.5) is 5.82 Å². The molecule has 16 heavy (non-hydrogen) atoms. The van der Waals surface area contributed by atoms with Gasteiger partial charge in [-0.05, 0) is 51.3 Å². The summed E-state index contributed by atoms with van der Waals surface area (Å²) in [6, 6.07) is 3.30. The number of rotatable bonds is 3. The topological polar surface area (TPSA) is 49.8 Å². The molecule has 0 radical (unpaired) electrons. The molecule has 0 amide bonds. The molecule has 1 saturated carbocycles. The highest BCUT2D eigenvalue weighted by Crippen LogP contribution is 2.21. The zero-order valence-corrected chi connectivity index (χ0v) is 10.0. The molecule has 0 atom stereocenters. The zero-order chi connectivity index (χ0) is 11.4. The van der Waals surface area contributed by atoms with Crippen molar-refractivity contribution in [2.75, 3.05) is 12.4 Å². The Kier molecular flexibility index (Phi) is 3.72. The van der Waals surface area contributed by atoms with E-state index in [-0.39, 0.29) is 0 Å². The van der Waals surface area contributed by atoms with E-state index in [1.807, 2.05) is 14.0 Å². The van der Waals surface area contributed by atoms with E-state index in [9.17, 15) is 0 Å². The van der Waals surface area contributed by atoms with E-state index < -0.39 is 0 Å². The molecule has 1 fully saturated rings. The normalized spacial score (nSPS) is 25.4. The minimum Gasteiger partial charge on any atom is -0.366 e. The van der Waals surface area contributed by atoms with E-state index in [1.54, 1.807) is 6.20 Å². The van der Waals surface area contributed by atoms with Gasteiger partial charge in [0.2, 0.25) is 0 Å². The highest BCUT2D eigenvalue weighted by molar-refractivity contribution is 5.36. The van der Waals surface area contributed by atoms with Crippen molar-refractivity contribution in [2.45, 2.75) is 44.7 Å². The molecule has 4 nitrogen and oxygen atoms in total. The number of hydrogen-bond donors (Lipinski definition) is 2. The first kappa shape index (κ1) is 11.3. The lowest BCUT2D eigenvalue weighted by Gasteiger charge is -2.29. The van der Waals surface area contributed by atoms with Gasteiger partial charge in [0.05, 0.1) is 6.20 Å². The van der Waals surface area contributed by atoms with Crippen molar-refractivity contribution >= 4 is 5.82 Å². The Morgan fingerprint density at radius 1 is 1.19 bits per heavy atom. The zero-order valence-electron chi connectivity index (χ0n) is 10.0. The summed E-state index contributed by atoms with van der Waals surface area (Å²) in [6.07, 6.45) is 6.69. The van der Waals surface area contributed by atoms with Crippen molar-refractivity contribution in [3.63, 3.8) is 0 Å². The van der Waals surface area contributed by atoms with Crippen molar-refractivity contribution in [2.24, 2.45) is 0 Å². The fourth-order valence-electron chi connectivity index (χ4n) is 2.27. The Balaban J connectivity index is 1.87. The second kappa shape index (κ2) is 5.25. The minimum absolute atomic E-state index is 0.556. The Bertz CT molecular complexity index is 332. The maximum Gasteiger partial charge on any atom is 0.149 e. The van der Waals surface area contributed by atoms with Gasteiger partial charge in [-0.3, -0.25) is 0 Å². The standard InChI is InChI=1S/C12H20N4/c1-9-7-12(16-14-8-9)15-11-5-3-10(13-2)4-6-11/h7-8,10-11,13H,3-6H2,1-2H3,(H,15,16). The van der Waals surface area contributed by atoms with Crippen LogP contribution in [0.15, 0.2) is 12.3 Å². The van der Waals surface area contributed by atoms with Gasteiger partial charge in [-0.25, -0.2) is 0 Å². The predicted molar refractivity (Wildman–Crippen MR) is 65.5 cm³/mol. The van der Waals surface area contributed by atoms with Gasteiger partial charge in [0.15, 0.2) is 0 Å². The summed E-state index contributed by atoms with van der Waals surface area (Å²) >= 11 is 0.